The van der Waals surface area contributed by atoms with Crippen LogP contribution in [-0.4, -0.2) is 54.0 Å². The van der Waals surface area contributed by atoms with Gasteiger partial charge in [-0.1, -0.05) is 41.5 Å². The topological polar surface area (TPSA) is 71.1 Å². The van der Waals surface area contributed by atoms with E-state index in [-0.39, 0.29) is 22.1 Å². The van der Waals surface area contributed by atoms with Crippen LogP contribution < -0.4 is 0 Å². The molecule has 0 aromatic heterocycles. The largest absolute Gasteiger partial charge is 0.460 e. The molecule has 0 rings (SSSR count). The lowest BCUT2D eigenvalue weighted by atomic mass is 10.1. The van der Waals surface area contributed by atoms with E-state index in [9.17, 15) is 9.59 Å². The summed E-state index contributed by atoms with van der Waals surface area (Å²) >= 11 is 0. The number of hydrogen-bond acceptors (Lipinski definition) is 6. The van der Waals surface area contributed by atoms with E-state index in [4.69, 9.17) is 18.3 Å². The van der Waals surface area contributed by atoms with Gasteiger partial charge in [0.05, 0.1) is 0 Å². The molecule has 0 aromatic carbocycles. The maximum absolute atomic E-state index is 11.5. The zero-order chi connectivity index (χ0) is 26.1. The lowest BCUT2D eigenvalue weighted by Gasteiger charge is -2.38. The summed E-state index contributed by atoms with van der Waals surface area (Å²) in [6.07, 6.45) is 3.44. The summed E-state index contributed by atoms with van der Waals surface area (Å²) in [5.74, 6) is -0.359. The normalized spacial score (nSPS) is 15.6. The van der Waals surface area contributed by atoms with Gasteiger partial charge in [-0.05, 0) is 55.3 Å². The van der Waals surface area contributed by atoms with Crippen LogP contribution in [0.5, 0.6) is 0 Å². The van der Waals surface area contributed by atoms with Crippen LogP contribution >= 0.6 is 0 Å². The zero-order valence-electron chi connectivity index (χ0n) is 23.0. The molecule has 0 heterocycles. The van der Waals surface area contributed by atoms with Gasteiger partial charge in [0.25, 0.3) is 6.47 Å². The minimum absolute atomic E-state index is 0.0730. The summed E-state index contributed by atoms with van der Waals surface area (Å²) in [4.78, 5) is 22.5. The molecule has 33 heavy (non-hydrogen) atoms. The first-order chi connectivity index (χ1) is 14.8. The summed E-state index contributed by atoms with van der Waals surface area (Å²) in [6, 6.07) is 0. The van der Waals surface area contributed by atoms with Crippen LogP contribution in [0.25, 0.3) is 0 Å². The molecule has 0 N–H and O–H groups in total. The quantitative estimate of drug-likeness (QED) is 0.126. The van der Waals surface area contributed by atoms with Crippen LogP contribution in [-0.2, 0) is 27.9 Å². The van der Waals surface area contributed by atoms with Gasteiger partial charge in [-0.15, -0.1) is 5.73 Å². The molecule has 0 unspecified atom stereocenters. The summed E-state index contributed by atoms with van der Waals surface area (Å²) in [7, 11) is -3.80. The molecule has 0 amide bonds. The van der Waals surface area contributed by atoms with E-state index < -0.39 is 28.8 Å². The smallest absolute Gasteiger partial charge is 0.303 e. The minimum Gasteiger partial charge on any atom is -0.460 e. The monoisotopic (exact) mass is 500 g/mol. The van der Waals surface area contributed by atoms with E-state index in [0.29, 0.717) is 25.9 Å². The zero-order valence-corrected chi connectivity index (χ0v) is 25.0. The Balaban J connectivity index is 5.21. The summed E-state index contributed by atoms with van der Waals surface area (Å²) < 4.78 is 23.2. The number of esters is 1. The SMILES string of the molecule is CC(=O)O[C@@H](C=C=C[C@@H](C[C@@H](C)O[Si](C)(C)C(C)(C)C)OC=O)CCO[Si](C)(C)C(C)(C)C. The number of carbonyl (C=O) groups excluding carboxylic acids is 2. The Labute approximate surface area is 204 Å². The van der Waals surface area contributed by atoms with Crippen molar-refractivity contribution in [2.45, 2.75) is 123 Å². The second-order valence-electron chi connectivity index (χ2n) is 11.7. The second kappa shape index (κ2) is 13.0. The Kier molecular flexibility index (Phi) is 12.6. The van der Waals surface area contributed by atoms with E-state index in [1.165, 1.54) is 6.92 Å². The molecule has 0 spiro atoms. The first kappa shape index (κ1) is 31.8. The van der Waals surface area contributed by atoms with Crippen LogP contribution in [0.3, 0.4) is 0 Å². The maximum Gasteiger partial charge on any atom is 0.303 e. The van der Waals surface area contributed by atoms with Crippen LogP contribution in [0.1, 0.15) is 68.2 Å². The van der Waals surface area contributed by atoms with Crippen LogP contribution in [0.15, 0.2) is 17.9 Å². The predicted octanol–water partition coefficient (Wildman–Crippen LogP) is 6.38. The highest BCUT2D eigenvalue weighted by Gasteiger charge is 2.39. The van der Waals surface area contributed by atoms with Gasteiger partial charge >= 0.3 is 5.97 Å². The van der Waals surface area contributed by atoms with Gasteiger partial charge in [0.2, 0.25) is 0 Å². The Morgan fingerprint density at radius 3 is 1.91 bits per heavy atom. The van der Waals surface area contributed by atoms with Crippen molar-refractivity contribution < 1.29 is 27.9 Å². The molecule has 6 nitrogen and oxygen atoms in total. The molecule has 0 bridgehead atoms. The molecule has 0 fully saturated rings. The van der Waals surface area contributed by atoms with Gasteiger partial charge in [0, 0.05) is 32.5 Å². The van der Waals surface area contributed by atoms with E-state index in [0.717, 1.165) is 0 Å². The Morgan fingerprint density at radius 1 is 0.939 bits per heavy atom. The molecule has 0 aliphatic carbocycles. The highest BCUT2D eigenvalue weighted by molar-refractivity contribution is 6.74. The average Bonchev–Trinajstić information content (AvgIpc) is 2.58. The molecule has 0 aromatic rings. The molecule has 8 heteroatoms. The van der Waals surface area contributed by atoms with Gasteiger partial charge in [0.1, 0.15) is 12.2 Å². The Morgan fingerprint density at radius 2 is 1.45 bits per heavy atom. The lowest BCUT2D eigenvalue weighted by molar-refractivity contribution is -0.144. The Hall–Kier alpha value is -1.19. The number of ether oxygens (including phenoxy) is 2. The van der Waals surface area contributed by atoms with Crippen molar-refractivity contribution in [3.8, 4) is 0 Å². The van der Waals surface area contributed by atoms with Gasteiger partial charge in [-0.25, -0.2) is 0 Å². The lowest BCUT2D eigenvalue weighted by Crippen LogP contribution is -2.43. The molecule has 0 radical (unpaired) electrons. The third-order valence-electron chi connectivity index (χ3n) is 6.65. The second-order valence-corrected chi connectivity index (χ2v) is 21.3. The maximum atomic E-state index is 11.5. The van der Waals surface area contributed by atoms with Crippen molar-refractivity contribution >= 4 is 29.1 Å². The van der Waals surface area contributed by atoms with Crippen molar-refractivity contribution in [2.75, 3.05) is 6.61 Å². The van der Waals surface area contributed by atoms with Crippen molar-refractivity contribution in [1.29, 1.82) is 0 Å². The minimum atomic E-state index is -1.92. The highest BCUT2D eigenvalue weighted by Crippen LogP contribution is 2.38. The van der Waals surface area contributed by atoms with Crippen LogP contribution in [0, 0.1) is 0 Å². The Bertz CT molecular complexity index is 676. The highest BCUT2D eigenvalue weighted by atomic mass is 28.4. The van der Waals surface area contributed by atoms with Crippen molar-refractivity contribution in [2.24, 2.45) is 0 Å². The van der Waals surface area contributed by atoms with Crippen molar-refractivity contribution in [1.82, 2.24) is 0 Å². The summed E-state index contributed by atoms with van der Waals surface area (Å²) in [5, 5.41) is 0.212. The summed E-state index contributed by atoms with van der Waals surface area (Å²) in [6.45, 7) is 26.3. The van der Waals surface area contributed by atoms with E-state index in [2.05, 4.69) is 73.5 Å². The average molecular weight is 501 g/mol. The predicted molar refractivity (Wildman–Crippen MR) is 139 cm³/mol. The molecule has 0 saturated carbocycles. The third kappa shape index (κ3) is 12.2. The van der Waals surface area contributed by atoms with Gasteiger partial charge in [-0.3, -0.25) is 9.59 Å². The van der Waals surface area contributed by atoms with E-state index >= 15 is 0 Å². The van der Waals surface area contributed by atoms with Crippen molar-refractivity contribution in [3.63, 3.8) is 0 Å². The fourth-order valence-electron chi connectivity index (χ4n) is 2.60. The molecule has 0 aliphatic heterocycles. The fourth-order valence-corrected chi connectivity index (χ4v) is 5.11. The third-order valence-corrected chi connectivity index (χ3v) is 15.8. The van der Waals surface area contributed by atoms with Crippen molar-refractivity contribution in [3.05, 3.63) is 17.9 Å². The molecular formula is C25H48O6Si2. The number of carbonyl (C=O) groups is 2. The first-order valence-electron chi connectivity index (χ1n) is 11.8. The fraction of sp³-hybridized carbons (Fsp3) is 0.800. The molecule has 0 saturated heterocycles. The number of rotatable bonds is 13. The molecule has 0 aliphatic rings. The first-order valence-corrected chi connectivity index (χ1v) is 17.6. The van der Waals surface area contributed by atoms with Crippen LogP contribution in [0.4, 0.5) is 0 Å². The van der Waals surface area contributed by atoms with Crippen LogP contribution in [0.2, 0.25) is 36.3 Å². The van der Waals surface area contributed by atoms with E-state index in [1.54, 1.807) is 12.2 Å². The number of hydrogen-bond donors (Lipinski definition) is 0. The van der Waals surface area contributed by atoms with Gasteiger partial charge < -0.3 is 18.3 Å². The standard InChI is InChI=1S/C25H48O6Si2/c1-20(31-33(11,12)25(6,7)8)18-23(28-19-26)15-13-14-22(30-21(2)27)16-17-29-32(9,10)24(3,4)5/h14-15,19-20,22-23H,16-18H2,1-12H3/t13?,20-,22+,23+/m1/s1. The summed E-state index contributed by atoms with van der Waals surface area (Å²) in [5.41, 5.74) is 3.05. The van der Waals surface area contributed by atoms with Gasteiger partial charge in [0.15, 0.2) is 16.6 Å². The molecule has 3 atom stereocenters. The van der Waals surface area contributed by atoms with Gasteiger partial charge in [-0.2, -0.15) is 0 Å². The molecule has 192 valence electrons. The van der Waals surface area contributed by atoms with E-state index in [1.807, 2.05) is 6.92 Å². The molecular weight excluding hydrogens is 452 g/mol.